The van der Waals surface area contributed by atoms with Crippen LogP contribution in [0.3, 0.4) is 0 Å². The molecule has 0 spiro atoms. The van der Waals surface area contributed by atoms with Gasteiger partial charge in [0.1, 0.15) is 5.75 Å². The standard InChI is InChI=1S/C18H23NO/c1-5-20-17-11-9-16(10-12-17)15(4)19-18-8-6-7-13(2)14(18)3/h6-12,15,19H,5H2,1-4H3. The minimum atomic E-state index is 0.270. The van der Waals surface area contributed by atoms with E-state index < -0.39 is 0 Å². The first kappa shape index (κ1) is 14.4. The molecule has 2 rings (SSSR count). The summed E-state index contributed by atoms with van der Waals surface area (Å²) in [6.45, 7) is 9.18. The van der Waals surface area contributed by atoms with Gasteiger partial charge in [0.05, 0.1) is 6.61 Å². The average Bonchev–Trinajstić information content (AvgIpc) is 2.45. The molecule has 0 amide bonds. The van der Waals surface area contributed by atoms with Crippen molar-refractivity contribution in [3.63, 3.8) is 0 Å². The topological polar surface area (TPSA) is 21.3 Å². The van der Waals surface area contributed by atoms with Gasteiger partial charge in [0.2, 0.25) is 0 Å². The van der Waals surface area contributed by atoms with Crippen molar-refractivity contribution in [2.45, 2.75) is 33.7 Å². The SMILES string of the molecule is CCOc1ccc(C(C)Nc2cccc(C)c2C)cc1. The van der Waals surface area contributed by atoms with Crippen LogP contribution in [0.25, 0.3) is 0 Å². The molecule has 20 heavy (non-hydrogen) atoms. The summed E-state index contributed by atoms with van der Waals surface area (Å²) in [5, 5.41) is 3.58. The Morgan fingerprint density at radius 3 is 2.40 bits per heavy atom. The van der Waals surface area contributed by atoms with Crippen LogP contribution in [0.1, 0.15) is 36.6 Å². The van der Waals surface area contributed by atoms with Crippen LogP contribution in [0.2, 0.25) is 0 Å². The van der Waals surface area contributed by atoms with Crippen LogP contribution >= 0.6 is 0 Å². The van der Waals surface area contributed by atoms with E-state index >= 15 is 0 Å². The van der Waals surface area contributed by atoms with E-state index in [4.69, 9.17) is 4.74 Å². The number of benzene rings is 2. The molecule has 0 aromatic heterocycles. The number of nitrogens with one attached hydrogen (secondary N) is 1. The maximum Gasteiger partial charge on any atom is 0.119 e. The fraction of sp³-hybridized carbons (Fsp3) is 0.333. The van der Waals surface area contributed by atoms with Crippen LogP contribution in [-0.4, -0.2) is 6.61 Å². The Labute approximate surface area is 121 Å². The minimum absolute atomic E-state index is 0.270. The second kappa shape index (κ2) is 6.47. The first-order valence-electron chi connectivity index (χ1n) is 7.17. The number of hydrogen-bond donors (Lipinski definition) is 1. The Morgan fingerprint density at radius 1 is 1.05 bits per heavy atom. The highest BCUT2D eigenvalue weighted by molar-refractivity contribution is 5.55. The smallest absolute Gasteiger partial charge is 0.119 e. The maximum absolute atomic E-state index is 5.47. The normalized spacial score (nSPS) is 12.0. The molecule has 0 saturated carbocycles. The molecule has 1 unspecified atom stereocenters. The molecular formula is C18H23NO. The predicted molar refractivity (Wildman–Crippen MR) is 85.6 cm³/mol. The van der Waals surface area contributed by atoms with Crippen LogP contribution in [0.15, 0.2) is 42.5 Å². The minimum Gasteiger partial charge on any atom is -0.494 e. The summed E-state index contributed by atoms with van der Waals surface area (Å²) < 4.78 is 5.47. The highest BCUT2D eigenvalue weighted by Gasteiger charge is 2.08. The molecule has 1 atom stereocenters. The second-order valence-corrected chi connectivity index (χ2v) is 5.12. The Kier molecular flexibility index (Phi) is 4.67. The zero-order valence-corrected chi connectivity index (χ0v) is 12.7. The van der Waals surface area contributed by atoms with Crippen LogP contribution in [-0.2, 0) is 0 Å². The summed E-state index contributed by atoms with van der Waals surface area (Å²) in [5.41, 5.74) is 5.08. The molecule has 106 valence electrons. The predicted octanol–water partition coefficient (Wildman–Crippen LogP) is 4.88. The largest absolute Gasteiger partial charge is 0.494 e. The van der Waals surface area contributed by atoms with Gasteiger partial charge in [0.25, 0.3) is 0 Å². The lowest BCUT2D eigenvalue weighted by molar-refractivity contribution is 0.340. The molecule has 0 heterocycles. The van der Waals surface area contributed by atoms with Gasteiger partial charge >= 0.3 is 0 Å². The first-order valence-corrected chi connectivity index (χ1v) is 7.17. The number of aryl methyl sites for hydroxylation is 1. The van der Waals surface area contributed by atoms with Gasteiger partial charge in [-0.2, -0.15) is 0 Å². The van der Waals surface area contributed by atoms with E-state index in [1.54, 1.807) is 0 Å². The van der Waals surface area contributed by atoms with Crippen LogP contribution in [0.5, 0.6) is 5.75 Å². The first-order chi connectivity index (χ1) is 9.61. The van der Waals surface area contributed by atoms with Gasteiger partial charge < -0.3 is 10.1 Å². The zero-order valence-electron chi connectivity index (χ0n) is 12.7. The number of hydrogen-bond acceptors (Lipinski definition) is 2. The van der Waals surface area contributed by atoms with Crippen molar-refractivity contribution in [3.8, 4) is 5.75 Å². The molecule has 2 aromatic carbocycles. The Bertz CT molecular complexity index is 560. The van der Waals surface area contributed by atoms with Gasteiger partial charge in [-0.3, -0.25) is 0 Å². The molecule has 2 heteroatoms. The van der Waals surface area contributed by atoms with E-state index in [2.05, 4.69) is 56.4 Å². The Balaban J connectivity index is 2.11. The van der Waals surface area contributed by atoms with Crippen LogP contribution in [0.4, 0.5) is 5.69 Å². The molecular weight excluding hydrogens is 246 g/mol. The van der Waals surface area contributed by atoms with E-state index in [1.165, 1.54) is 22.4 Å². The van der Waals surface area contributed by atoms with E-state index in [9.17, 15) is 0 Å². The summed E-state index contributed by atoms with van der Waals surface area (Å²) in [4.78, 5) is 0. The fourth-order valence-corrected chi connectivity index (χ4v) is 2.24. The summed E-state index contributed by atoms with van der Waals surface area (Å²) in [5.74, 6) is 0.926. The highest BCUT2D eigenvalue weighted by Crippen LogP contribution is 2.25. The van der Waals surface area contributed by atoms with Crippen molar-refractivity contribution in [1.29, 1.82) is 0 Å². The average molecular weight is 269 g/mol. The van der Waals surface area contributed by atoms with Gasteiger partial charge in [-0.25, -0.2) is 0 Å². The van der Waals surface area contributed by atoms with Gasteiger partial charge in [-0.15, -0.1) is 0 Å². The van der Waals surface area contributed by atoms with Crippen LogP contribution in [0, 0.1) is 13.8 Å². The molecule has 2 nitrogen and oxygen atoms in total. The summed E-state index contributed by atoms with van der Waals surface area (Å²) in [6.07, 6.45) is 0. The number of rotatable bonds is 5. The lowest BCUT2D eigenvalue weighted by Crippen LogP contribution is -2.08. The monoisotopic (exact) mass is 269 g/mol. The van der Waals surface area contributed by atoms with Crippen molar-refractivity contribution >= 4 is 5.69 Å². The van der Waals surface area contributed by atoms with Crippen LogP contribution < -0.4 is 10.1 Å². The molecule has 0 fully saturated rings. The van der Waals surface area contributed by atoms with Gasteiger partial charge in [-0.05, 0) is 62.6 Å². The van der Waals surface area contributed by atoms with Gasteiger partial charge in [-0.1, -0.05) is 24.3 Å². The van der Waals surface area contributed by atoms with E-state index in [0.717, 1.165) is 5.75 Å². The molecule has 0 aliphatic rings. The molecule has 0 saturated heterocycles. The van der Waals surface area contributed by atoms with E-state index in [-0.39, 0.29) is 6.04 Å². The van der Waals surface area contributed by atoms with E-state index in [0.29, 0.717) is 6.61 Å². The van der Waals surface area contributed by atoms with Crippen molar-refractivity contribution < 1.29 is 4.74 Å². The van der Waals surface area contributed by atoms with Gasteiger partial charge in [0.15, 0.2) is 0 Å². The number of anilines is 1. The maximum atomic E-state index is 5.47. The van der Waals surface area contributed by atoms with Crippen molar-refractivity contribution in [3.05, 3.63) is 59.2 Å². The second-order valence-electron chi connectivity index (χ2n) is 5.12. The zero-order chi connectivity index (χ0) is 14.5. The molecule has 0 aliphatic carbocycles. The lowest BCUT2D eigenvalue weighted by atomic mass is 10.0. The Morgan fingerprint density at radius 2 is 1.75 bits per heavy atom. The molecule has 1 N–H and O–H groups in total. The molecule has 0 aliphatic heterocycles. The highest BCUT2D eigenvalue weighted by atomic mass is 16.5. The Hall–Kier alpha value is -1.96. The van der Waals surface area contributed by atoms with Crippen molar-refractivity contribution in [2.24, 2.45) is 0 Å². The quantitative estimate of drug-likeness (QED) is 0.835. The van der Waals surface area contributed by atoms with Crippen molar-refractivity contribution in [1.82, 2.24) is 0 Å². The third-order valence-corrected chi connectivity index (χ3v) is 3.67. The van der Waals surface area contributed by atoms with E-state index in [1.807, 2.05) is 19.1 Å². The molecule has 0 bridgehead atoms. The fourth-order valence-electron chi connectivity index (χ4n) is 2.24. The number of ether oxygens (including phenoxy) is 1. The summed E-state index contributed by atoms with van der Waals surface area (Å²) >= 11 is 0. The summed E-state index contributed by atoms with van der Waals surface area (Å²) in [7, 11) is 0. The molecule has 2 aromatic rings. The summed E-state index contributed by atoms with van der Waals surface area (Å²) in [6, 6.07) is 14.9. The third-order valence-electron chi connectivity index (χ3n) is 3.67. The third kappa shape index (κ3) is 3.32. The van der Waals surface area contributed by atoms with Crippen molar-refractivity contribution in [2.75, 3.05) is 11.9 Å². The lowest BCUT2D eigenvalue weighted by Gasteiger charge is -2.18. The molecule has 0 radical (unpaired) electrons. The van der Waals surface area contributed by atoms with Gasteiger partial charge in [0, 0.05) is 11.7 Å².